The van der Waals surface area contributed by atoms with Gasteiger partial charge in [-0.15, -0.1) is 0 Å². The summed E-state index contributed by atoms with van der Waals surface area (Å²) >= 11 is 0. The zero-order valence-electron chi connectivity index (χ0n) is 16.7. The van der Waals surface area contributed by atoms with Crippen LogP contribution in [-0.4, -0.2) is 56.8 Å². The Labute approximate surface area is 167 Å². The lowest BCUT2D eigenvalue weighted by molar-refractivity contribution is -0.210. The first-order chi connectivity index (χ1) is 13.8. The summed E-state index contributed by atoms with van der Waals surface area (Å²) in [5.74, 6) is 1.41. The average Bonchev–Trinajstić information content (AvgIpc) is 3.38. The minimum absolute atomic E-state index is 0.00753. The van der Waals surface area contributed by atoms with Crippen LogP contribution in [0.25, 0.3) is 0 Å². The molecule has 4 rings (SSSR count). The summed E-state index contributed by atoms with van der Waals surface area (Å²) in [6.07, 6.45) is 10.5. The van der Waals surface area contributed by atoms with Gasteiger partial charge in [0.1, 0.15) is 11.9 Å². The number of hydrogen-bond donors (Lipinski definition) is 2. The van der Waals surface area contributed by atoms with Crippen molar-refractivity contribution in [3.05, 3.63) is 24.2 Å². The standard InChI is InChI=1S/C21H33N3O4/c1-2-5-17(6-3-1)24-20(22-11-8-18-7-4-12-26-18)23-15-19-16-27-21(28-19)9-13-25-14-10-21/h4,7,12,17,19H,1-3,5-6,8-11,13-16H2,(H2,22,23,24). The van der Waals surface area contributed by atoms with Crippen molar-refractivity contribution in [2.24, 2.45) is 4.99 Å². The van der Waals surface area contributed by atoms with Gasteiger partial charge in [0.05, 0.1) is 32.6 Å². The zero-order valence-corrected chi connectivity index (χ0v) is 16.7. The van der Waals surface area contributed by atoms with Crippen molar-refractivity contribution in [1.82, 2.24) is 10.6 Å². The van der Waals surface area contributed by atoms with E-state index < -0.39 is 5.79 Å². The van der Waals surface area contributed by atoms with E-state index in [0.29, 0.717) is 32.4 Å². The summed E-state index contributed by atoms with van der Waals surface area (Å²) in [4.78, 5) is 4.82. The third-order valence-electron chi connectivity index (χ3n) is 5.81. The average molecular weight is 392 g/mol. The lowest BCUT2D eigenvalue weighted by Gasteiger charge is -2.31. The molecule has 1 aliphatic carbocycles. The molecule has 2 aliphatic heterocycles. The van der Waals surface area contributed by atoms with Crippen LogP contribution in [0.4, 0.5) is 0 Å². The van der Waals surface area contributed by atoms with E-state index in [1.165, 1.54) is 32.1 Å². The van der Waals surface area contributed by atoms with Gasteiger partial charge in [0.25, 0.3) is 0 Å². The molecule has 2 saturated heterocycles. The molecule has 0 aromatic carbocycles. The molecule has 2 N–H and O–H groups in total. The lowest BCUT2D eigenvalue weighted by atomic mass is 9.96. The summed E-state index contributed by atoms with van der Waals surface area (Å²) in [6.45, 7) is 3.41. The molecule has 1 atom stereocenters. The Bertz CT molecular complexity index is 607. The van der Waals surface area contributed by atoms with E-state index in [1.807, 2.05) is 12.1 Å². The van der Waals surface area contributed by atoms with Crippen molar-refractivity contribution in [3.8, 4) is 0 Å². The molecule has 3 aliphatic rings. The number of ether oxygens (including phenoxy) is 3. The van der Waals surface area contributed by atoms with Crippen LogP contribution in [0.3, 0.4) is 0 Å². The quantitative estimate of drug-likeness (QED) is 0.573. The zero-order chi connectivity index (χ0) is 19.1. The molecule has 0 radical (unpaired) electrons. The van der Waals surface area contributed by atoms with Gasteiger partial charge in [0, 0.05) is 31.8 Å². The summed E-state index contributed by atoms with van der Waals surface area (Å²) in [5.41, 5.74) is 0. The predicted molar refractivity (Wildman–Crippen MR) is 106 cm³/mol. The fourth-order valence-electron chi connectivity index (χ4n) is 4.20. The van der Waals surface area contributed by atoms with Gasteiger partial charge in [0.15, 0.2) is 11.7 Å². The maximum Gasteiger partial charge on any atom is 0.191 e. The molecule has 28 heavy (non-hydrogen) atoms. The monoisotopic (exact) mass is 391 g/mol. The predicted octanol–water partition coefficient (Wildman–Crippen LogP) is 2.61. The molecular weight excluding hydrogens is 358 g/mol. The van der Waals surface area contributed by atoms with Gasteiger partial charge in [-0.2, -0.15) is 0 Å². The molecule has 0 amide bonds. The van der Waals surface area contributed by atoms with Gasteiger partial charge in [-0.3, -0.25) is 4.99 Å². The maximum absolute atomic E-state index is 6.21. The van der Waals surface area contributed by atoms with Crippen molar-refractivity contribution >= 4 is 5.96 Å². The number of rotatable bonds is 6. The largest absolute Gasteiger partial charge is 0.469 e. The van der Waals surface area contributed by atoms with Crippen LogP contribution < -0.4 is 10.6 Å². The normalized spacial score (nSPS) is 25.9. The van der Waals surface area contributed by atoms with Crippen LogP contribution in [0.5, 0.6) is 0 Å². The number of nitrogens with zero attached hydrogens (tertiary/aromatic N) is 1. The molecule has 1 unspecified atom stereocenters. The van der Waals surface area contributed by atoms with Crippen LogP contribution in [0.2, 0.25) is 0 Å². The van der Waals surface area contributed by atoms with E-state index in [2.05, 4.69) is 10.6 Å². The Balaban J connectivity index is 1.30. The highest BCUT2D eigenvalue weighted by atomic mass is 16.7. The smallest absolute Gasteiger partial charge is 0.191 e. The van der Waals surface area contributed by atoms with Gasteiger partial charge in [-0.1, -0.05) is 19.3 Å². The van der Waals surface area contributed by atoms with Crippen molar-refractivity contribution in [3.63, 3.8) is 0 Å². The van der Waals surface area contributed by atoms with Gasteiger partial charge in [-0.25, -0.2) is 0 Å². The molecule has 7 nitrogen and oxygen atoms in total. The van der Waals surface area contributed by atoms with E-state index in [9.17, 15) is 0 Å². The summed E-state index contributed by atoms with van der Waals surface area (Å²) in [6, 6.07) is 4.43. The van der Waals surface area contributed by atoms with Gasteiger partial charge >= 0.3 is 0 Å². The molecule has 3 fully saturated rings. The van der Waals surface area contributed by atoms with E-state index in [1.54, 1.807) is 6.26 Å². The summed E-state index contributed by atoms with van der Waals surface area (Å²) in [7, 11) is 0. The van der Waals surface area contributed by atoms with Crippen LogP contribution in [0.15, 0.2) is 27.8 Å². The second kappa shape index (κ2) is 9.76. The first kappa shape index (κ1) is 19.7. The Kier molecular flexibility index (Phi) is 6.88. The number of nitrogens with one attached hydrogen (secondary N) is 2. The molecule has 1 saturated carbocycles. The molecular formula is C21H33N3O4. The maximum atomic E-state index is 6.21. The van der Waals surface area contributed by atoms with Crippen molar-refractivity contribution in [1.29, 1.82) is 0 Å². The number of guanidine groups is 1. The first-order valence-corrected chi connectivity index (χ1v) is 10.8. The Morgan fingerprint density at radius 1 is 1.18 bits per heavy atom. The molecule has 156 valence electrons. The molecule has 3 heterocycles. The van der Waals surface area contributed by atoms with E-state index in [-0.39, 0.29) is 6.10 Å². The highest BCUT2D eigenvalue weighted by Crippen LogP contribution is 2.33. The Hall–Kier alpha value is -1.57. The highest BCUT2D eigenvalue weighted by Gasteiger charge is 2.42. The summed E-state index contributed by atoms with van der Waals surface area (Å²) in [5, 5.41) is 7.09. The second-order valence-electron chi connectivity index (χ2n) is 8.00. The minimum Gasteiger partial charge on any atom is -0.469 e. The van der Waals surface area contributed by atoms with Crippen molar-refractivity contribution in [2.75, 3.05) is 32.9 Å². The molecule has 1 spiro atoms. The van der Waals surface area contributed by atoms with Gasteiger partial charge in [-0.05, 0) is 25.0 Å². The highest BCUT2D eigenvalue weighted by molar-refractivity contribution is 5.80. The Morgan fingerprint density at radius 2 is 2.04 bits per heavy atom. The minimum atomic E-state index is -0.442. The molecule has 0 bridgehead atoms. The first-order valence-electron chi connectivity index (χ1n) is 10.8. The fraction of sp³-hybridized carbons (Fsp3) is 0.762. The number of furan rings is 1. The number of hydrogen-bond acceptors (Lipinski definition) is 5. The fourth-order valence-corrected chi connectivity index (χ4v) is 4.20. The second-order valence-corrected chi connectivity index (χ2v) is 8.00. The molecule has 1 aromatic heterocycles. The van der Waals surface area contributed by atoms with E-state index in [4.69, 9.17) is 23.6 Å². The summed E-state index contributed by atoms with van der Waals surface area (Å²) < 4.78 is 23.1. The van der Waals surface area contributed by atoms with Crippen LogP contribution in [-0.2, 0) is 20.6 Å². The SMILES string of the molecule is c1coc(CCNC(=NCC2COC3(CCOCC3)O2)NC2CCCCC2)c1. The third-order valence-corrected chi connectivity index (χ3v) is 5.81. The van der Waals surface area contributed by atoms with E-state index in [0.717, 1.165) is 37.5 Å². The third kappa shape index (κ3) is 5.49. The van der Waals surface area contributed by atoms with Crippen molar-refractivity contribution < 1.29 is 18.6 Å². The molecule has 1 aromatic rings. The molecule has 7 heteroatoms. The van der Waals surface area contributed by atoms with Crippen LogP contribution >= 0.6 is 0 Å². The Morgan fingerprint density at radius 3 is 2.82 bits per heavy atom. The lowest BCUT2D eigenvalue weighted by Crippen LogP contribution is -2.45. The van der Waals surface area contributed by atoms with Gasteiger partial charge in [0.2, 0.25) is 0 Å². The van der Waals surface area contributed by atoms with Crippen LogP contribution in [0, 0.1) is 0 Å². The van der Waals surface area contributed by atoms with Crippen molar-refractivity contribution in [2.45, 2.75) is 69.3 Å². The van der Waals surface area contributed by atoms with Crippen LogP contribution in [0.1, 0.15) is 50.7 Å². The van der Waals surface area contributed by atoms with E-state index >= 15 is 0 Å². The topological polar surface area (TPSA) is 77.3 Å². The van der Waals surface area contributed by atoms with Gasteiger partial charge < -0.3 is 29.3 Å². The number of aliphatic imine (C=N–C) groups is 1.